The van der Waals surface area contributed by atoms with Gasteiger partial charge < -0.3 is 25.4 Å². The number of thioether (sulfide) groups is 1. The number of hydrogen-bond acceptors (Lipinski definition) is 6. The molecule has 10 heteroatoms. The molecule has 0 aliphatic carbocycles. The third-order valence-corrected chi connectivity index (χ3v) is 11.1. The van der Waals surface area contributed by atoms with Crippen LogP contribution in [0.2, 0.25) is 0 Å². The second-order valence-electron chi connectivity index (χ2n) is 13.0. The minimum Gasteiger partial charge on any atom is -0.494 e. The SMILES string of the molecule is CCOc1ccc(NC(=O)[C@H]2[C@@H]3SC4(CC3Br)C(C(=O)NC(C)(C)CC(C)(C)C)N([C@H](C)CO)C(=O)[C@H]24)cc1. The van der Waals surface area contributed by atoms with Crippen LogP contribution >= 0.6 is 27.7 Å². The Morgan fingerprint density at radius 2 is 1.85 bits per heavy atom. The van der Waals surface area contributed by atoms with Crippen molar-refractivity contribution in [3.05, 3.63) is 24.3 Å². The Morgan fingerprint density at radius 3 is 2.41 bits per heavy atom. The van der Waals surface area contributed by atoms with Gasteiger partial charge in [-0.3, -0.25) is 14.4 Å². The van der Waals surface area contributed by atoms with Gasteiger partial charge in [-0.2, -0.15) is 0 Å². The lowest BCUT2D eigenvalue weighted by molar-refractivity contribution is -0.142. The molecule has 7 atom stereocenters. The first-order valence-electron chi connectivity index (χ1n) is 13.7. The van der Waals surface area contributed by atoms with Crippen LogP contribution in [0.5, 0.6) is 5.75 Å². The van der Waals surface area contributed by atoms with Crippen LogP contribution in [0.25, 0.3) is 0 Å². The summed E-state index contributed by atoms with van der Waals surface area (Å²) in [4.78, 5) is 43.4. The van der Waals surface area contributed by atoms with Crippen molar-refractivity contribution < 1.29 is 24.2 Å². The summed E-state index contributed by atoms with van der Waals surface area (Å²) in [5, 5.41) is 16.2. The van der Waals surface area contributed by atoms with Crippen LogP contribution in [0.3, 0.4) is 0 Å². The highest BCUT2D eigenvalue weighted by Gasteiger charge is 2.76. The quantitative estimate of drug-likeness (QED) is 0.356. The Hall–Kier alpha value is -1.78. The monoisotopic (exact) mass is 623 g/mol. The van der Waals surface area contributed by atoms with Crippen LogP contribution in [0, 0.1) is 17.3 Å². The van der Waals surface area contributed by atoms with E-state index in [0.717, 1.165) is 6.42 Å². The number of anilines is 1. The van der Waals surface area contributed by atoms with Crippen LogP contribution in [-0.2, 0) is 14.4 Å². The number of fused-ring (bicyclic) bond motifs is 1. The Kier molecular flexibility index (Phi) is 8.43. The van der Waals surface area contributed by atoms with Crippen molar-refractivity contribution >= 4 is 51.1 Å². The molecule has 4 rings (SSSR count). The highest BCUT2D eigenvalue weighted by atomic mass is 79.9. The van der Waals surface area contributed by atoms with Crippen LogP contribution in [0.1, 0.15) is 61.3 Å². The van der Waals surface area contributed by atoms with Gasteiger partial charge in [0, 0.05) is 21.3 Å². The van der Waals surface area contributed by atoms with Crippen molar-refractivity contribution in [1.29, 1.82) is 0 Å². The Bertz CT molecular complexity index is 1110. The lowest BCUT2D eigenvalue weighted by atomic mass is 9.70. The second-order valence-corrected chi connectivity index (χ2v) is 15.7. The molecule has 3 fully saturated rings. The molecule has 3 heterocycles. The topological polar surface area (TPSA) is 108 Å². The molecule has 3 aliphatic heterocycles. The molecule has 3 N–H and O–H groups in total. The first kappa shape index (κ1) is 30.2. The van der Waals surface area contributed by atoms with Crippen LogP contribution in [0.4, 0.5) is 5.69 Å². The molecule has 1 aromatic carbocycles. The highest BCUT2D eigenvalue weighted by molar-refractivity contribution is 9.09. The number of aliphatic hydroxyl groups is 1. The molecule has 3 unspecified atom stereocenters. The van der Waals surface area contributed by atoms with E-state index < -0.39 is 34.2 Å². The zero-order chi connectivity index (χ0) is 28.9. The number of amides is 3. The third kappa shape index (κ3) is 5.71. The molecule has 1 aromatic rings. The number of nitrogens with one attached hydrogen (secondary N) is 2. The van der Waals surface area contributed by atoms with Crippen LogP contribution in [-0.4, -0.2) is 73.4 Å². The van der Waals surface area contributed by atoms with Crippen molar-refractivity contribution in [2.75, 3.05) is 18.5 Å². The minimum absolute atomic E-state index is 0.00720. The summed E-state index contributed by atoms with van der Waals surface area (Å²) in [7, 11) is 0. The van der Waals surface area contributed by atoms with Gasteiger partial charge in [0.15, 0.2) is 0 Å². The van der Waals surface area contributed by atoms with Crippen molar-refractivity contribution in [2.24, 2.45) is 17.3 Å². The van der Waals surface area contributed by atoms with E-state index >= 15 is 0 Å². The summed E-state index contributed by atoms with van der Waals surface area (Å²) in [5.41, 5.74) is 0.119. The Labute approximate surface area is 244 Å². The fourth-order valence-corrected chi connectivity index (χ4v) is 10.6. The number of alkyl halides is 1. The number of aliphatic hydroxyl groups excluding tert-OH is 1. The highest BCUT2D eigenvalue weighted by Crippen LogP contribution is 2.68. The van der Waals surface area contributed by atoms with Gasteiger partial charge in [-0.25, -0.2) is 0 Å². The van der Waals surface area contributed by atoms with E-state index in [2.05, 4.69) is 47.3 Å². The standard InChI is InChI=1S/C29H42BrN3O5S/c1-8-38-18-11-9-17(10-12-18)31-24(35)20-21-26(37)33(16(2)14-34)23(29(21)13-19(30)22(20)39-29)25(36)32-28(6,7)15-27(3,4)5/h9-12,16,19-23,34H,8,13-15H2,1-7H3,(H,31,35)(H,32,36)/t16-,19?,20-,21+,22-,23?,29?/m1/s1. The van der Waals surface area contributed by atoms with Gasteiger partial charge >= 0.3 is 0 Å². The summed E-state index contributed by atoms with van der Waals surface area (Å²) in [6, 6.07) is 5.84. The number of nitrogens with zero attached hydrogens (tertiary/aromatic N) is 1. The van der Waals surface area contributed by atoms with E-state index in [4.69, 9.17) is 4.74 Å². The van der Waals surface area contributed by atoms with Gasteiger partial charge in [-0.15, -0.1) is 11.8 Å². The molecular formula is C29H42BrN3O5S. The van der Waals surface area contributed by atoms with E-state index in [0.29, 0.717) is 24.5 Å². The number of benzene rings is 1. The van der Waals surface area contributed by atoms with Gasteiger partial charge in [-0.05, 0) is 70.2 Å². The lowest BCUT2D eigenvalue weighted by Crippen LogP contribution is -2.60. The van der Waals surface area contributed by atoms with Crippen LogP contribution < -0.4 is 15.4 Å². The third-order valence-electron chi connectivity index (χ3n) is 7.88. The molecule has 39 heavy (non-hydrogen) atoms. The van der Waals surface area contributed by atoms with Gasteiger partial charge in [0.05, 0.1) is 35.8 Å². The minimum atomic E-state index is -0.783. The zero-order valence-corrected chi connectivity index (χ0v) is 26.3. The summed E-state index contributed by atoms with van der Waals surface area (Å²) in [6.45, 7) is 14.4. The lowest BCUT2D eigenvalue weighted by Gasteiger charge is -2.40. The number of halogens is 1. The molecule has 8 nitrogen and oxygen atoms in total. The largest absolute Gasteiger partial charge is 0.494 e. The van der Waals surface area contributed by atoms with E-state index in [1.165, 1.54) is 0 Å². The molecule has 0 radical (unpaired) electrons. The number of likely N-dealkylation sites (tertiary alicyclic amines) is 1. The first-order valence-corrected chi connectivity index (χ1v) is 15.5. The molecule has 3 saturated heterocycles. The Morgan fingerprint density at radius 1 is 1.21 bits per heavy atom. The normalized spacial score (nSPS) is 30.7. The molecule has 3 amide bonds. The molecule has 1 spiro atoms. The van der Waals surface area contributed by atoms with Gasteiger partial charge in [0.1, 0.15) is 11.8 Å². The summed E-state index contributed by atoms with van der Waals surface area (Å²) in [6.07, 6.45) is 1.35. The number of hydrogen-bond donors (Lipinski definition) is 3. The summed E-state index contributed by atoms with van der Waals surface area (Å²) >= 11 is 5.38. The molecule has 0 saturated carbocycles. The number of ether oxygens (including phenoxy) is 1. The smallest absolute Gasteiger partial charge is 0.244 e. The van der Waals surface area contributed by atoms with E-state index in [1.54, 1.807) is 47.9 Å². The Balaban J connectivity index is 1.65. The molecule has 2 bridgehead atoms. The maximum atomic E-state index is 14.1. The van der Waals surface area contributed by atoms with Gasteiger partial charge in [0.25, 0.3) is 0 Å². The maximum Gasteiger partial charge on any atom is 0.244 e. The van der Waals surface area contributed by atoms with Gasteiger partial charge in [-0.1, -0.05) is 36.7 Å². The fraction of sp³-hybridized carbons (Fsp3) is 0.690. The molecular weight excluding hydrogens is 582 g/mol. The van der Waals surface area contributed by atoms with Gasteiger partial charge in [0.2, 0.25) is 17.7 Å². The van der Waals surface area contributed by atoms with Crippen molar-refractivity contribution in [1.82, 2.24) is 10.2 Å². The summed E-state index contributed by atoms with van der Waals surface area (Å²) in [5.74, 6) is -1.23. The number of carbonyl (C=O) groups excluding carboxylic acids is 3. The maximum absolute atomic E-state index is 14.1. The molecule has 216 valence electrons. The predicted octanol–water partition coefficient (Wildman–Crippen LogP) is 4.20. The number of rotatable bonds is 9. The molecule has 0 aromatic heterocycles. The second kappa shape index (κ2) is 10.9. The van der Waals surface area contributed by atoms with E-state index in [-0.39, 0.29) is 39.8 Å². The predicted molar refractivity (Wildman–Crippen MR) is 158 cm³/mol. The fourth-order valence-electron chi connectivity index (χ4n) is 7.03. The molecule has 3 aliphatic rings. The average molecular weight is 625 g/mol. The number of carbonyl (C=O) groups is 3. The first-order chi connectivity index (χ1) is 18.1. The van der Waals surface area contributed by atoms with Crippen LogP contribution in [0.15, 0.2) is 24.3 Å². The van der Waals surface area contributed by atoms with E-state index in [9.17, 15) is 19.5 Å². The average Bonchev–Trinajstić information content (AvgIpc) is 3.41. The van der Waals surface area contributed by atoms with Crippen molar-refractivity contribution in [2.45, 2.75) is 93.8 Å². The van der Waals surface area contributed by atoms with Crippen molar-refractivity contribution in [3.8, 4) is 5.75 Å². The van der Waals surface area contributed by atoms with Crippen molar-refractivity contribution in [3.63, 3.8) is 0 Å². The van der Waals surface area contributed by atoms with E-state index in [1.807, 2.05) is 20.8 Å². The summed E-state index contributed by atoms with van der Waals surface area (Å²) < 4.78 is 4.74. The zero-order valence-electron chi connectivity index (χ0n) is 23.9.